The molecule has 0 atom stereocenters. The molecular formula is C42H55BNaO4. The normalized spacial score (nSPS) is 11.6. The first kappa shape index (κ1) is 43.2. The second-order valence-electron chi connectivity index (χ2n) is 15.4. The van der Waals surface area contributed by atoms with E-state index in [0.29, 0.717) is 13.2 Å². The molecule has 48 heavy (non-hydrogen) atoms. The van der Waals surface area contributed by atoms with E-state index in [4.69, 9.17) is 9.47 Å². The zero-order valence-electron chi connectivity index (χ0n) is 32.2. The molecule has 3 radical (unpaired) electrons. The molecule has 4 aromatic rings. The summed E-state index contributed by atoms with van der Waals surface area (Å²) in [6.07, 6.45) is 0.990. The quantitative estimate of drug-likeness (QED) is 0.154. The molecule has 0 bridgehead atoms. The van der Waals surface area contributed by atoms with Crippen LogP contribution in [-0.2, 0) is 39.7 Å². The predicted octanol–water partition coefficient (Wildman–Crippen LogP) is 6.61. The van der Waals surface area contributed by atoms with Crippen molar-refractivity contribution in [1.82, 2.24) is 0 Å². The minimum Gasteiger partial charge on any atom is -1.00 e. The summed E-state index contributed by atoms with van der Waals surface area (Å²) >= 11 is 0. The zero-order chi connectivity index (χ0) is 34.2. The predicted molar refractivity (Wildman–Crippen MR) is 198 cm³/mol. The third-order valence-corrected chi connectivity index (χ3v) is 8.28. The van der Waals surface area contributed by atoms with E-state index in [1.807, 2.05) is 88.4 Å². The maximum atomic E-state index is 11.6. The third kappa shape index (κ3) is 12.3. The van der Waals surface area contributed by atoms with E-state index in [2.05, 4.69) is 77.9 Å². The molecule has 0 spiro atoms. The van der Waals surface area contributed by atoms with Crippen LogP contribution in [0.25, 0.3) is 0 Å². The molecule has 0 aliphatic carbocycles. The Hall–Kier alpha value is -2.83. The number of aldehydes is 1. The summed E-state index contributed by atoms with van der Waals surface area (Å²) in [5, 5.41) is 9.80. The maximum Gasteiger partial charge on any atom is 1.00 e. The molecule has 4 nitrogen and oxygen atoms in total. The van der Waals surface area contributed by atoms with Gasteiger partial charge < -0.3 is 20.8 Å². The SMILES string of the molecule is CC(C)(C)c1ccc(OCc2ccccc2)c(C(C)(C)C=O)c1.CC(C)(C)c1ccc(OCc2ccccc2)c(C(C)(C)CO)c1.[B].[H-].[Na+]. The van der Waals surface area contributed by atoms with Crippen LogP contribution in [0.1, 0.15) is 104 Å². The Morgan fingerprint density at radius 1 is 0.604 bits per heavy atom. The monoisotopic (exact) mass is 657 g/mol. The molecule has 0 amide bonds. The van der Waals surface area contributed by atoms with Crippen molar-refractivity contribution in [3.05, 3.63) is 130 Å². The average Bonchev–Trinajstić information content (AvgIpc) is 3.03. The number of benzene rings is 4. The minimum absolute atomic E-state index is 0. The van der Waals surface area contributed by atoms with E-state index in [-0.39, 0.29) is 62.2 Å². The molecule has 1 N–H and O–H groups in total. The first-order chi connectivity index (χ1) is 21.5. The van der Waals surface area contributed by atoms with Gasteiger partial charge in [-0.2, -0.15) is 0 Å². The van der Waals surface area contributed by atoms with E-state index >= 15 is 0 Å². The minimum atomic E-state index is -0.576. The van der Waals surface area contributed by atoms with Gasteiger partial charge in [0.25, 0.3) is 0 Å². The molecule has 4 rings (SSSR count). The van der Waals surface area contributed by atoms with Gasteiger partial charge in [-0.05, 0) is 59.1 Å². The smallest absolute Gasteiger partial charge is 1.00 e. The molecule has 4 aromatic carbocycles. The molecule has 251 valence electrons. The van der Waals surface area contributed by atoms with E-state index in [9.17, 15) is 9.90 Å². The topological polar surface area (TPSA) is 55.8 Å². The molecule has 0 unspecified atom stereocenters. The van der Waals surface area contributed by atoms with Gasteiger partial charge >= 0.3 is 29.6 Å². The standard InChI is InChI=1S/C21H28O2.C21H26O2.B.Na.H/c2*1-20(2,3)17-11-12-19(18(13-17)21(4,5)15-22)23-14-16-9-7-6-8-10-16;;;/h6-13,22H,14-15H2,1-5H3;6-13,15H,14H2,1-5H3;;;/q;;;+1;-1. The Kier molecular flexibility index (Phi) is 16.4. The number of rotatable bonds is 10. The molecule has 0 aromatic heterocycles. The van der Waals surface area contributed by atoms with Crippen LogP contribution in [0.3, 0.4) is 0 Å². The maximum absolute atomic E-state index is 11.6. The van der Waals surface area contributed by atoms with Crippen LogP contribution in [-0.4, -0.2) is 26.4 Å². The van der Waals surface area contributed by atoms with Gasteiger partial charge in [0, 0.05) is 30.4 Å². The van der Waals surface area contributed by atoms with Gasteiger partial charge in [-0.25, -0.2) is 0 Å². The largest absolute Gasteiger partial charge is 1.00 e. The second-order valence-corrected chi connectivity index (χ2v) is 15.4. The Bertz CT molecular complexity index is 1560. The fourth-order valence-corrected chi connectivity index (χ4v) is 4.90. The second kappa shape index (κ2) is 18.2. The van der Waals surface area contributed by atoms with Gasteiger partial charge in [-0.15, -0.1) is 0 Å². The molecule has 0 aliphatic heterocycles. The van der Waals surface area contributed by atoms with Crippen LogP contribution in [0.5, 0.6) is 11.5 Å². The van der Waals surface area contributed by atoms with Crippen LogP contribution >= 0.6 is 0 Å². The van der Waals surface area contributed by atoms with Crippen molar-refractivity contribution < 1.29 is 50.4 Å². The van der Waals surface area contributed by atoms with Gasteiger partial charge in [0.05, 0.1) is 6.61 Å². The Morgan fingerprint density at radius 2 is 0.979 bits per heavy atom. The molecule has 0 fully saturated rings. The Balaban J connectivity index is 0.000000886. The summed E-state index contributed by atoms with van der Waals surface area (Å²) in [6, 6.07) is 32.7. The van der Waals surface area contributed by atoms with Crippen molar-refractivity contribution in [3.8, 4) is 11.5 Å². The number of hydrogen-bond donors (Lipinski definition) is 1. The van der Waals surface area contributed by atoms with Crippen LogP contribution in [0.4, 0.5) is 0 Å². The van der Waals surface area contributed by atoms with Crippen LogP contribution < -0.4 is 39.0 Å². The van der Waals surface area contributed by atoms with E-state index in [1.165, 1.54) is 11.1 Å². The van der Waals surface area contributed by atoms with Crippen molar-refractivity contribution in [1.29, 1.82) is 0 Å². The van der Waals surface area contributed by atoms with E-state index in [0.717, 1.165) is 40.0 Å². The van der Waals surface area contributed by atoms with Crippen molar-refractivity contribution in [2.24, 2.45) is 0 Å². The number of carbonyl (C=O) groups is 1. The molecule has 0 heterocycles. The summed E-state index contributed by atoms with van der Waals surface area (Å²) in [7, 11) is 0. The summed E-state index contributed by atoms with van der Waals surface area (Å²) in [5.41, 5.74) is 5.89. The first-order valence-corrected chi connectivity index (χ1v) is 16.2. The summed E-state index contributed by atoms with van der Waals surface area (Å²) in [4.78, 5) is 11.6. The third-order valence-electron chi connectivity index (χ3n) is 8.28. The fraction of sp³-hybridized carbons (Fsp3) is 0.405. The number of aliphatic hydroxyl groups excluding tert-OH is 1. The van der Waals surface area contributed by atoms with Crippen molar-refractivity contribution in [2.75, 3.05) is 6.61 Å². The fourth-order valence-electron chi connectivity index (χ4n) is 4.90. The number of aliphatic hydroxyl groups is 1. The zero-order valence-corrected chi connectivity index (χ0v) is 33.2. The number of ether oxygens (including phenoxy) is 2. The van der Waals surface area contributed by atoms with Gasteiger partial charge in [0.15, 0.2) is 0 Å². The molecule has 6 heteroatoms. The van der Waals surface area contributed by atoms with Crippen LogP contribution in [0.2, 0.25) is 0 Å². The molecule has 0 saturated carbocycles. The van der Waals surface area contributed by atoms with Gasteiger partial charge in [-0.1, -0.05) is 140 Å². The summed E-state index contributed by atoms with van der Waals surface area (Å²) in [6.45, 7) is 22.2. The molecular weight excluding hydrogens is 602 g/mol. The molecule has 0 saturated heterocycles. The van der Waals surface area contributed by atoms with Gasteiger partial charge in [0.2, 0.25) is 0 Å². The first-order valence-electron chi connectivity index (χ1n) is 16.2. The Morgan fingerprint density at radius 3 is 1.33 bits per heavy atom. The Labute approximate surface area is 316 Å². The number of hydrogen-bond acceptors (Lipinski definition) is 4. The van der Waals surface area contributed by atoms with Gasteiger partial charge in [-0.3, -0.25) is 0 Å². The number of carbonyl (C=O) groups excluding carboxylic acids is 1. The van der Waals surface area contributed by atoms with Crippen LogP contribution in [0.15, 0.2) is 97.1 Å². The van der Waals surface area contributed by atoms with Crippen LogP contribution in [0, 0.1) is 0 Å². The molecule has 0 aliphatic rings. The summed E-state index contributed by atoms with van der Waals surface area (Å²) < 4.78 is 12.1. The van der Waals surface area contributed by atoms with Crippen molar-refractivity contribution >= 4 is 14.7 Å². The van der Waals surface area contributed by atoms with Gasteiger partial charge in [0.1, 0.15) is 31.0 Å². The summed E-state index contributed by atoms with van der Waals surface area (Å²) in [5.74, 6) is 1.62. The van der Waals surface area contributed by atoms with Crippen molar-refractivity contribution in [2.45, 2.75) is 104 Å². The van der Waals surface area contributed by atoms with E-state index in [1.54, 1.807) is 0 Å². The van der Waals surface area contributed by atoms with E-state index < -0.39 is 5.41 Å². The average molecular weight is 658 g/mol. The van der Waals surface area contributed by atoms with Crippen molar-refractivity contribution in [3.63, 3.8) is 0 Å².